The quantitative estimate of drug-likeness (QED) is 0.283. The number of thiazole rings is 1. The molecule has 2 aromatic rings. The van der Waals surface area contributed by atoms with E-state index in [9.17, 15) is 0 Å². The molecule has 0 bridgehead atoms. The molecule has 0 saturated carbocycles. The summed E-state index contributed by atoms with van der Waals surface area (Å²) in [7, 11) is 6.27. The summed E-state index contributed by atoms with van der Waals surface area (Å²) < 4.78 is 4.94. The first-order valence-corrected chi connectivity index (χ1v) is 17.4. The summed E-state index contributed by atoms with van der Waals surface area (Å²) in [5.74, 6) is 0. The maximum Gasteiger partial charge on any atom is 0.0794 e. The molecule has 0 atom stereocenters. The van der Waals surface area contributed by atoms with Crippen molar-refractivity contribution in [2.45, 2.75) is 123 Å². The second kappa shape index (κ2) is 39.4. The molecule has 1 saturated heterocycles. The fourth-order valence-electron chi connectivity index (χ4n) is 2.99. The number of allylic oxidation sites excluding steroid dienone is 6. The number of hydrogen-bond acceptors (Lipinski definition) is 7. The molecule has 0 aliphatic carbocycles. The molecular formula is C38H75N5OS. The number of rotatable bonds is 8. The van der Waals surface area contributed by atoms with Gasteiger partial charge in [0.2, 0.25) is 0 Å². The van der Waals surface area contributed by atoms with Crippen LogP contribution in [0.2, 0.25) is 0 Å². The lowest BCUT2D eigenvalue weighted by molar-refractivity contribution is 0.198. The topological polar surface area (TPSA) is 44.7 Å². The lowest BCUT2D eigenvalue weighted by Gasteiger charge is -2.19. The Labute approximate surface area is 286 Å². The van der Waals surface area contributed by atoms with Crippen LogP contribution in [0.1, 0.15) is 121 Å². The molecule has 0 spiro atoms. The van der Waals surface area contributed by atoms with Gasteiger partial charge in [-0.1, -0.05) is 73.3 Å². The van der Waals surface area contributed by atoms with E-state index in [1.54, 1.807) is 17.5 Å². The van der Waals surface area contributed by atoms with Gasteiger partial charge in [0.05, 0.1) is 12.1 Å². The average molecular weight is 650 g/mol. The maximum absolute atomic E-state index is 4.94. The van der Waals surface area contributed by atoms with Crippen LogP contribution in [-0.4, -0.2) is 65.6 Å². The number of pyridine rings is 1. The van der Waals surface area contributed by atoms with Gasteiger partial charge in [0, 0.05) is 88.0 Å². The molecule has 0 amide bonds. The molecule has 6 nitrogen and oxygen atoms in total. The summed E-state index contributed by atoms with van der Waals surface area (Å²) in [4.78, 5) is 16.0. The number of nitrogens with zero attached hydrogens (tertiary/aromatic N) is 5. The van der Waals surface area contributed by atoms with Crippen LogP contribution in [0.5, 0.6) is 0 Å². The summed E-state index contributed by atoms with van der Waals surface area (Å²) in [5, 5.41) is 0. The Balaban J connectivity index is -0.000000154. The van der Waals surface area contributed by atoms with E-state index in [4.69, 9.17) is 4.74 Å². The Morgan fingerprint density at radius 3 is 1.53 bits per heavy atom. The van der Waals surface area contributed by atoms with Gasteiger partial charge < -0.3 is 19.4 Å². The molecule has 0 N–H and O–H groups in total. The smallest absolute Gasteiger partial charge is 0.0794 e. The van der Waals surface area contributed by atoms with E-state index in [2.05, 4.69) is 119 Å². The molecule has 45 heavy (non-hydrogen) atoms. The molecule has 3 rings (SSSR count). The van der Waals surface area contributed by atoms with Crippen molar-refractivity contribution in [3.05, 3.63) is 82.0 Å². The van der Waals surface area contributed by atoms with Crippen molar-refractivity contribution in [3.63, 3.8) is 0 Å². The van der Waals surface area contributed by atoms with Crippen LogP contribution in [0.3, 0.4) is 0 Å². The largest absolute Gasteiger partial charge is 0.381 e. The van der Waals surface area contributed by atoms with Gasteiger partial charge in [-0.05, 0) is 72.9 Å². The highest BCUT2D eigenvalue weighted by Gasteiger charge is 2.01. The van der Waals surface area contributed by atoms with Crippen LogP contribution >= 0.6 is 11.3 Å². The fraction of sp³-hybridized carbons (Fsp3) is 0.632. The Morgan fingerprint density at radius 1 is 0.756 bits per heavy atom. The molecule has 7 heteroatoms. The van der Waals surface area contributed by atoms with Gasteiger partial charge in [0.15, 0.2) is 0 Å². The van der Waals surface area contributed by atoms with Gasteiger partial charge >= 0.3 is 0 Å². The molecule has 0 aromatic carbocycles. The van der Waals surface area contributed by atoms with Crippen molar-refractivity contribution in [2.24, 2.45) is 0 Å². The minimum atomic E-state index is 0. The molecule has 3 heterocycles. The highest BCUT2D eigenvalue weighted by Crippen LogP contribution is 2.11. The van der Waals surface area contributed by atoms with Crippen molar-refractivity contribution < 1.29 is 4.74 Å². The van der Waals surface area contributed by atoms with Gasteiger partial charge in [-0.3, -0.25) is 9.97 Å². The lowest BCUT2D eigenvalue weighted by Crippen LogP contribution is -2.15. The van der Waals surface area contributed by atoms with Crippen molar-refractivity contribution in [3.8, 4) is 0 Å². The van der Waals surface area contributed by atoms with Crippen molar-refractivity contribution in [1.29, 1.82) is 0 Å². The molecule has 2 aromatic heterocycles. The predicted octanol–water partition coefficient (Wildman–Crippen LogP) is 11.3. The highest BCUT2D eigenvalue weighted by molar-refractivity contribution is 7.09. The third-order valence-electron chi connectivity index (χ3n) is 6.38. The minimum Gasteiger partial charge on any atom is -0.381 e. The maximum atomic E-state index is 4.94. The zero-order valence-electron chi connectivity index (χ0n) is 31.7. The van der Waals surface area contributed by atoms with E-state index in [1.807, 2.05) is 65.5 Å². The van der Waals surface area contributed by atoms with Crippen molar-refractivity contribution in [1.82, 2.24) is 24.7 Å². The Kier molecular flexibility index (Phi) is 45.4. The van der Waals surface area contributed by atoms with Gasteiger partial charge in [0.1, 0.15) is 0 Å². The SMILES string of the molecule is C.C/C=C(\C)N(C)CC.C/C=C(\C)N(C)Cc1cccnc1.C/C=C(\C)N(C)Cc1cncs1.C1CCOC1.CC.CC.CC. The summed E-state index contributed by atoms with van der Waals surface area (Å²) in [6.45, 7) is 31.6. The molecule has 1 aliphatic heterocycles. The van der Waals surface area contributed by atoms with E-state index in [-0.39, 0.29) is 7.43 Å². The Bertz CT molecular complexity index is 900. The van der Waals surface area contributed by atoms with Crippen LogP contribution in [0.15, 0.2) is 71.6 Å². The van der Waals surface area contributed by atoms with E-state index >= 15 is 0 Å². The molecule has 1 aliphatic rings. The fourth-order valence-corrected chi connectivity index (χ4v) is 3.64. The van der Waals surface area contributed by atoms with E-state index in [1.165, 1.54) is 40.4 Å². The second-order valence-electron chi connectivity index (χ2n) is 9.16. The predicted molar refractivity (Wildman–Crippen MR) is 207 cm³/mol. The normalized spacial score (nSPS) is 11.6. The monoisotopic (exact) mass is 650 g/mol. The third kappa shape index (κ3) is 31.1. The van der Waals surface area contributed by atoms with Crippen LogP contribution in [0.25, 0.3) is 0 Å². The van der Waals surface area contributed by atoms with Crippen LogP contribution in [-0.2, 0) is 17.8 Å². The number of hydrogen-bond donors (Lipinski definition) is 0. The molecular weight excluding hydrogens is 575 g/mol. The molecule has 1 fully saturated rings. The summed E-state index contributed by atoms with van der Waals surface area (Å²) in [5.41, 5.74) is 7.03. The van der Waals surface area contributed by atoms with Crippen LogP contribution in [0, 0.1) is 0 Å². The van der Waals surface area contributed by atoms with E-state index < -0.39 is 0 Å². The first kappa shape index (κ1) is 51.9. The van der Waals surface area contributed by atoms with Crippen molar-refractivity contribution >= 4 is 11.3 Å². The van der Waals surface area contributed by atoms with Gasteiger partial charge in [-0.2, -0.15) is 0 Å². The molecule has 0 unspecified atom stereocenters. The van der Waals surface area contributed by atoms with Crippen molar-refractivity contribution in [2.75, 3.05) is 40.9 Å². The molecule has 0 radical (unpaired) electrons. The average Bonchev–Trinajstić information content (AvgIpc) is 3.85. The van der Waals surface area contributed by atoms with Gasteiger partial charge in [-0.15, -0.1) is 11.3 Å². The first-order chi connectivity index (χ1) is 21.2. The first-order valence-electron chi connectivity index (χ1n) is 16.6. The van der Waals surface area contributed by atoms with Crippen LogP contribution in [0.4, 0.5) is 0 Å². The van der Waals surface area contributed by atoms with E-state index in [0.717, 1.165) is 32.8 Å². The molecule has 264 valence electrons. The summed E-state index contributed by atoms with van der Waals surface area (Å²) in [6, 6.07) is 4.06. The van der Waals surface area contributed by atoms with Crippen LogP contribution < -0.4 is 0 Å². The standard InChI is InChI=1S/C11H16N2.C9H14N2S.C7H15N.C4H8O.3C2H6.CH4/c1-4-10(2)13(3)9-11-6-5-7-12-8-11;1-4-8(2)11(3)6-9-5-10-7-12-9;1-5-7(3)8(4)6-2;1-2-4-5-3-1;3*1-2;/h4-8H,9H2,1-3H3;4-5,7H,6H2,1-3H3;5H,6H2,1-4H3;1-4H2;3*1-2H3;1H4/b10-4+;8-4+;7-5+;;;;;. The zero-order valence-corrected chi connectivity index (χ0v) is 32.5. The minimum absolute atomic E-state index is 0. The summed E-state index contributed by atoms with van der Waals surface area (Å²) >= 11 is 1.70. The summed E-state index contributed by atoms with van der Waals surface area (Å²) in [6.07, 6.45) is 14.5. The number of ether oxygens (including phenoxy) is 1. The van der Waals surface area contributed by atoms with E-state index in [0.29, 0.717) is 0 Å². The zero-order chi connectivity index (χ0) is 34.8. The van der Waals surface area contributed by atoms with Gasteiger partial charge in [-0.25, -0.2) is 0 Å². The Hall–Kier alpha value is -2.64. The Morgan fingerprint density at radius 2 is 1.22 bits per heavy atom. The lowest BCUT2D eigenvalue weighted by atomic mass is 10.2. The third-order valence-corrected chi connectivity index (χ3v) is 7.14. The highest BCUT2D eigenvalue weighted by atomic mass is 32.1. The number of aromatic nitrogens is 2. The second-order valence-corrected chi connectivity index (χ2v) is 10.1. The van der Waals surface area contributed by atoms with Gasteiger partial charge in [0.25, 0.3) is 0 Å².